The zero-order valence-corrected chi connectivity index (χ0v) is 12.1. The van der Waals surface area contributed by atoms with E-state index in [1.54, 1.807) is 12.1 Å². The van der Waals surface area contributed by atoms with Crippen LogP contribution in [0.15, 0.2) is 42.6 Å². The topological polar surface area (TPSA) is 59.2 Å². The quantitative estimate of drug-likeness (QED) is 0.940. The van der Waals surface area contributed by atoms with Gasteiger partial charge in [-0.25, -0.2) is 0 Å². The van der Waals surface area contributed by atoms with E-state index in [2.05, 4.69) is 29.1 Å². The van der Waals surface area contributed by atoms with Gasteiger partial charge in [-0.1, -0.05) is 18.2 Å². The molecule has 1 atom stereocenters. The largest absolute Gasteiger partial charge is 0.366 e. The monoisotopic (exact) mass is 281 g/mol. The molecule has 4 heteroatoms. The molecule has 1 saturated heterocycles. The van der Waals surface area contributed by atoms with Gasteiger partial charge in [0.1, 0.15) is 0 Å². The number of hydrogen-bond acceptors (Lipinski definition) is 3. The van der Waals surface area contributed by atoms with E-state index in [1.165, 1.54) is 12.8 Å². The zero-order chi connectivity index (χ0) is 14.8. The van der Waals surface area contributed by atoms with Gasteiger partial charge in [0.15, 0.2) is 0 Å². The van der Waals surface area contributed by atoms with Gasteiger partial charge in [-0.05, 0) is 50.2 Å². The van der Waals surface area contributed by atoms with Gasteiger partial charge >= 0.3 is 0 Å². The molecule has 21 heavy (non-hydrogen) atoms. The number of amides is 1. The van der Waals surface area contributed by atoms with E-state index < -0.39 is 5.91 Å². The number of aromatic nitrogens is 1. The Morgan fingerprint density at radius 1 is 1.29 bits per heavy atom. The molecule has 1 aliphatic heterocycles. The number of primary amides is 1. The highest BCUT2D eigenvalue weighted by Gasteiger charge is 2.23. The van der Waals surface area contributed by atoms with E-state index >= 15 is 0 Å². The van der Waals surface area contributed by atoms with Crippen LogP contribution in [0.5, 0.6) is 0 Å². The second-order valence-electron chi connectivity index (χ2n) is 5.56. The molecule has 1 fully saturated rings. The molecular weight excluding hydrogens is 262 g/mol. The number of carbonyl (C=O) groups excluding carboxylic acids is 1. The standard InChI is InChI=1S/C17H19N3O/c1-20-9-3-6-16(20)15-8-7-14(11-19-15)12-4-2-5-13(10-12)17(18)21/h2,4-5,7-8,10-11,16H,3,6,9H2,1H3,(H2,18,21)/t16-/m1/s1. The lowest BCUT2D eigenvalue weighted by Gasteiger charge is -2.18. The summed E-state index contributed by atoms with van der Waals surface area (Å²) in [5.41, 5.74) is 8.92. The van der Waals surface area contributed by atoms with Crippen molar-refractivity contribution in [3.05, 3.63) is 53.9 Å². The summed E-state index contributed by atoms with van der Waals surface area (Å²) in [6, 6.07) is 11.9. The summed E-state index contributed by atoms with van der Waals surface area (Å²) in [6.07, 6.45) is 4.27. The van der Waals surface area contributed by atoms with E-state index in [-0.39, 0.29) is 0 Å². The molecule has 108 valence electrons. The summed E-state index contributed by atoms with van der Waals surface area (Å²) >= 11 is 0. The predicted octanol–water partition coefficient (Wildman–Crippen LogP) is 2.61. The number of nitrogens with two attached hydrogens (primary N) is 1. The Hall–Kier alpha value is -2.20. The van der Waals surface area contributed by atoms with Crippen molar-refractivity contribution >= 4 is 5.91 Å². The minimum atomic E-state index is -0.408. The average molecular weight is 281 g/mol. The molecule has 1 aromatic carbocycles. The molecule has 0 bridgehead atoms. The fourth-order valence-electron chi connectivity index (χ4n) is 2.91. The van der Waals surface area contributed by atoms with Gasteiger partial charge in [-0.2, -0.15) is 0 Å². The first-order valence-corrected chi connectivity index (χ1v) is 7.21. The molecule has 2 N–H and O–H groups in total. The Morgan fingerprint density at radius 2 is 2.14 bits per heavy atom. The lowest BCUT2D eigenvalue weighted by molar-refractivity contribution is 0.100. The van der Waals surface area contributed by atoms with E-state index in [9.17, 15) is 4.79 Å². The maximum Gasteiger partial charge on any atom is 0.248 e. The highest BCUT2D eigenvalue weighted by molar-refractivity contribution is 5.94. The van der Waals surface area contributed by atoms with Crippen LogP contribution in [0.25, 0.3) is 11.1 Å². The number of rotatable bonds is 3. The van der Waals surface area contributed by atoms with Crippen molar-refractivity contribution in [3.63, 3.8) is 0 Å². The lowest BCUT2D eigenvalue weighted by Crippen LogP contribution is -2.18. The Morgan fingerprint density at radius 3 is 2.76 bits per heavy atom. The van der Waals surface area contributed by atoms with Crippen LogP contribution in [0.2, 0.25) is 0 Å². The van der Waals surface area contributed by atoms with E-state index in [1.807, 2.05) is 18.3 Å². The minimum Gasteiger partial charge on any atom is -0.366 e. The first kappa shape index (κ1) is 13.8. The van der Waals surface area contributed by atoms with Crippen LogP contribution in [0, 0.1) is 0 Å². The Kier molecular flexibility index (Phi) is 3.71. The van der Waals surface area contributed by atoms with Gasteiger partial charge in [0.25, 0.3) is 0 Å². The zero-order valence-electron chi connectivity index (χ0n) is 12.1. The maximum atomic E-state index is 11.2. The third-order valence-corrected chi connectivity index (χ3v) is 4.13. The van der Waals surface area contributed by atoms with Crippen LogP contribution in [0.1, 0.15) is 34.9 Å². The van der Waals surface area contributed by atoms with Crippen molar-refractivity contribution < 1.29 is 4.79 Å². The van der Waals surface area contributed by atoms with Crippen LogP contribution in [-0.4, -0.2) is 29.4 Å². The normalized spacial score (nSPS) is 18.8. The third-order valence-electron chi connectivity index (χ3n) is 4.13. The van der Waals surface area contributed by atoms with Crippen molar-refractivity contribution in [1.29, 1.82) is 0 Å². The van der Waals surface area contributed by atoms with Crippen LogP contribution in [-0.2, 0) is 0 Å². The molecule has 0 unspecified atom stereocenters. The highest BCUT2D eigenvalue weighted by atomic mass is 16.1. The number of pyridine rings is 1. The van der Waals surface area contributed by atoms with Gasteiger partial charge in [0.2, 0.25) is 5.91 Å². The maximum absolute atomic E-state index is 11.2. The summed E-state index contributed by atoms with van der Waals surface area (Å²) in [7, 11) is 2.14. The van der Waals surface area contributed by atoms with E-state index in [0.29, 0.717) is 11.6 Å². The van der Waals surface area contributed by atoms with Gasteiger partial charge in [0.05, 0.1) is 11.7 Å². The molecule has 0 spiro atoms. The number of hydrogen-bond donors (Lipinski definition) is 1. The molecule has 1 aromatic heterocycles. The van der Waals surface area contributed by atoms with Crippen molar-refractivity contribution in [2.45, 2.75) is 18.9 Å². The highest BCUT2D eigenvalue weighted by Crippen LogP contribution is 2.30. The third kappa shape index (κ3) is 2.81. The number of nitrogens with zero attached hydrogens (tertiary/aromatic N) is 2. The summed E-state index contributed by atoms with van der Waals surface area (Å²) < 4.78 is 0. The molecule has 2 heterocycles. The van der Waals surface area contributed by atoms with Crippen molar-refractivity contribution in [2.24, 2.45) is 5.73 Å². The summed E-state index contributed by atoms with van der Waals surface area (Å²) in [4.78, 5) is 18.2. The molecule has 3 rings (SSSR count). The molecule has 1 aliphatic rings. The summed E-state index contributed by atoms with van der Waals surface area (Å²) in [6.45, 7) is 1.13. The van der Waals surface area contributed by atoms with Crippen LogP contribution in [0.4, 0.5) is 0 Å². The van der Waals surface area contributed by atoms with Gasteiger partial charge in [-0.3, -0.25) is 14.7 Å². The summed E-state index contributed by atoms with van der Waals surface area (Å²) in [5, 5.41) is 0. The number of likely N-dealkylation sites (tertiary alicyclic amines) is 1. The Balaban J connectivity index is 1.87. The van der Waals surface area contributed by atoms with Gasteiger partial charge < -0.3 is 5.73 Å². The second kappa shape index (κ2) is 5.66. The first-order chi connectivity index (χ1) is 10.1. The number of carbonyl (C=O) groups is 1. The average Bonchev–Trinajstić information content (AvgIpc) is 2.94. The van der Waals surface area contributed by atoms with Crippen molar-refractivity contribution in [1.82, 2.24) is 9.88 Å². The predicted molar refractivity (Wildman–Crippen MR) is 82.8 cm³/mol. The Bertz CT molecular complexity index is 651. The van der Waals surface area contributed by atoms with E-state index in [0.717, 1.165) is 23.4 Å². The smallest absolute Gasteiger partial charge is 0.248 e. The second-order valence-corrected chi connectivity index (χ2v) is 5.56. The molecule has 1 amide bonds. The SMILES string of the molecule is CN1CCC[C@@H]1c1ccc(-c2cccc(C(N)=O)c2)cn1. The van der Waals surface area contributed by atoms with Crippen molar-refractivity contribution in [2.75, 3.05) is 13.6 Å². The molecular formula is C17H19N3O. The Labute approximate surface area is 124 Å². The fourth-order valence-corrected chi connectivity index (χ4v) is 2.91. The van der Waals surface area contributed by atoms with E-state index in [4.69, 9.17) is 5.73 Å². The first-order valence-electron chi connectivity index (χ1n) is 7.21. The fraction of sp³-hybridized carbons (Fsp3) is 0.294. The van der Waals surface area contributed by atoms with Crippen molar-refractivity contribution in [3.8, 4) is 11.1 Å². The van der Waals surface area contributed by atoms with Crippen LogP contribution in [0.3, 0.4) is 0 Å². The number of benzene rings is 1. The minimum absolute atomic E-state index is 0.408. The van der Waals surface area contributed by atoms with Gasteiger partial charge in [-0.15, -0.1) is 0 Å². The lowest BCUT2D eigenvalue weighted by atomic mass is 10.0. The summed E-state index contributed by atoms with van der Waals surface area (Å²) in [5.74, 6) is -0.408. The molecule has 2 aromatic rings. The molecule has 0 radical (unpaired) electrons. The van der Waals surface area contributed by atoms with Gasteiger partial charge in [0, 0.05) is 17.3 Å². The molecule has 0 saturated carbocycles. The molecule has 4 nitrogen and oxygen atoms in total. The van der Waals surface area contributed by atoms with Crippen LogP contribution >= 0.6 is 0 Å². The van der Waals surface area contributed by atoms with Crippen LogP contribution < -0.4 is 5.73 Å². The molecule has 0 aliphatic carbocycles.